The fourth-order valence-electron chi connectivity index (χ4n) is 1.69. The van der Waals surface area contributed by atoms with Crippen LogP contribution in [0.1, 0.15) is 11.3 Å². The average Bonchev–Trinajstić information content (AvgIpc) is 2.59. The summed E-state index contributed by atoms with van der Waals surface area (Å²) in [6.45, 7) is 2.33. The zero-order chi connectivity index (χ0) is 12.4. The van der Waals surface area contributed by atoms with Gasteiger partial charge in [0.2, 0.25) is 0 Å². The summed E-state index contributed by atoms with van der Waals surface area (Å²) in [6.07, 6.45) is 0. The maximum Gasteiger partial charge on any atom is 0.285 e. The van der Waals surface area contributed by atoms with E-state index in [-0.39, 0.29) is 5.56 Å². The molecule has 0 fully saturated rings. The van der Waals surface area contributed by atoms with Gasteiger partial charge in [-0.05, 0) is 34.5 Å². The molecule has 0 radical (unpaired) electrons. The highest BCUT2D eigenvalue weighted by atomic mass is 79.9. The van der Waals surface area contributed by atoms with Crippen molar-refractivity contribution in [2.75, 3.05) is 7.11 Å². The molecule has 0 saturated heterocycles. The first-order valence-electron chi connectivity index (χ1n) is 5.19. The first kappa shape index (κ1) is 12.1. The predicted octanol–water partition coefficient (Wildman–Crippen LogP) is 2.38. The third kappa shape index (κ3) is 2.21. The largest absolute Gasteiger partial charge is 0.378 e. The lowest BCUT2D eigenvalue weighted by atomic mass is 10.2. The van der Waals surface area contributed by atoms with Gasteiger partial charge in [0.15, 0.2) is 0 Å². The fraction of sp³-hybridized carbons (Fsp3) is 0.250. The third-order valence-corrected chi connectivity index (χ3v) is 3.37. The summed E-state index contributed by atoms with van der Waals surface area (Å²) in [5.41, 5.74) is 2.51. The van der Waals surface area contributed by atoms with E-state index in [1.54, 1.807) is 7.11 Å². The summed E-state index contributed by atoms with van der Waals surface area (Å²) in [5, 5.41) is 3.04. The van der Waals surface area contributed by atoms with Crippen LogP contribution in [0.3, 0.4) is 0 Å². The van der Waals surface area contributed by atoms with Crippen molar-refractivity contribution in [3.63, 3.8) is 0 Å². The van der Waals surface area contributed by atoms with E-state index in [4.69, 9.17) is 4.74 Å². The Bertz CT molecular complexity index is 586. The van der Waals surface area contributed by atoms with Crippen LogP contribution in [-0.2, 0) is 11.3 Å². The minimum Gasteiger partial charge on any atom is -0.378 e. The van der Waals surface area contributed by atoms with Gasteiger partial charge in [-0.3, -0.25) is 9.89 Å². The fourth-order valence-corrected chi connectivity index (χ4v) is 2.07. The number of aromatic nitrogens is 2. The molecule has 17 heavy (non-hydrogen) atoms. The molecule has 1 aromatic heterocycles. The van der Waals surface area contributed by atoms with E-state index >= 15 is 0 Å². The molecule has 0 aliphatic rings. The lowest BCUT2D eigenvalue weighted by Crippen LogP contribution is -2.15. The van der Waals surface area contributed by atoms with E-state index < -0.39 is 0 Å². The van der Waals surface area contributed by atoms with Crippen LogP contribution in [0, 0.1) is 6.92 Å². The van der Waals surface area contributed by atoms with Gasteiger partial charge in [0.25, 0.3) is 5.56 Å². The van der Waals surface area contributed by atoms with Crippen molar-refractivity contribution in [1.29, 1.82) is 0 Å². The van der Waals surface area contributed by atoms with Gasteiger partial charge in [-0.1, -0.05) is 18.2 Å². The second kappa shape index (κ2) is 4.89. The van der Waals surface area contributed by atoms with Crippen LogP contribution < -0.4 is 5.56 Å². The van der Waals surface area contributed by atoms with Gasteiger partial charge in [-0.25, -0.2) is 4.68 Å². The Hall–Kier alpha value is -1.33. The SMILES string of the molecule is COCc1[nH]n(-c2ccccc2C)c(=O)c1Br. The second-order valence-corrected chi connectivity index (χ2v) is 4.56. The number of halogens is 1. The Kier molecular flexibility index (Phi) is 3.49. The molecule has 4 nitrogen and oxygen atoms in total. The molecule has 1 heterocycles. The van der Waals surface area contributed by atoms with Crippen molar-refractivity contribution >= 4 is 15.9 Å². The molecule has 0 spiro atoms. The van der Waals surface area contributed by atoms with Crippen molar-refractivity contribution in [3.05, 3.63) is 50.3 Å². The van der Waals surface area contributed by atoms with Gasteiger partial charge in [0.05, 0.1) is 18.0 Å². The lowest BCUT2D eigenvalue weighted by Gasteiger charge is -2.05. The summed E-state index contributed by atoms with van der Waals surface area (Å²) >= 11 is 3.28. The molecule has 2 aromatic rings. The minimum atomic E-state index is -0.105. The molecule has 5 heteroatoms. The molecule has 2 rings (SSSR count). The van der Waals surface area contributed by atoms with E-state index in [1.165, 1.54) is 4.68 Å². The standard InChI is InChI=1S/C12H13BrN2O2/c1-8-5-3-4-6-10(8)15-12(16)11(13)9(14-15)7-17-2/h3-6,14H,7H2,1-2H3. The minimum absolute atomic E-state index is 0.105. The molecular weight excluding hydrogens is 284 g/mol. The predicted molar refractivity (Wildman–Crippen MR) is 69.5 cm³/mol. The molecular formula is C12H13BrN2O2. The molecule has 0 aliphatic heterocycles. The maximum atomic E-state index is 12.0. The van der Waals surface area contributed by atoms with Gasteiger partial charge in [-0.2, -0.15) is 0 Å². The van der Waals surface area contributed by atoms with E-state index in [0.717, 1.165) is 16.9 Å². The van der Waals surface area contributed by atoms with Gasteiger partial charge >= 0.3 is 0 Å². The maximum absolute atomic E-state index is 12.0. The Morgan fingerprint density at radius 2 is 2.12 bits per heavy atom. The summed E-state index contributed by atoms with van der Waals surface area (Å²) < 4.78 is 7.07. The monoisotopic (exact) mass is 296 g/mol. The van der Waals surface area contributed by atoms with Crippen LogP contribution in [0.25, 0.3) is 5.69 Å². The van der Waals surface area contributed by atoms with Crippen LogP contribution in [-0.4, -0.2) is 16.9 Å². The van der Waals surface area contributed by atoms with Crippen LogP contribution in [0.2, 0.25) is 0 Å². The second-order valence-electron chi connectivity index (χ2n) is 3.76. The van der Waals surface area contributed by atoms with Gasteiger partial charge < -0.3 is 4.74 Å². The van der Waals surface area contributed by atoms with Crippen molar-refractivity contribution in [2.24, 2.45) is 0 Å². The number of hydrogen-bond donors (Lipinski definition) is 1. The number of nitrogens with zero attached hydrogens (tertiary/aromatic N) is 1. The highest BCUT2D eigenvalue weighted by Crippen LogP contribution is 2.15. The highest BCUT2D eigenvalue weighted by molar-refractivity contribution is 9.10. The number of para-hydroxylation sites is 1. The molecule has 0 aliphatic carbocycles. The topological polar surface area (TPSA) is 47.0 Å². The zero-order valence-corrected chi connectivity index (χ0v) is 11.2. The average molecular weight is 297 g/mol. The van der Waals surface area contributed by atoms with Crippen molar-refractivity contribution in [3.8, 4) is 5.69 Å². The number of ether oxygens (including phenoxy) is 1. The summed E-state index contributed by atoms with van der Waals surface area (Å²) in [6, 6.07) is 7.71. The van der Waals surface area contributed by atoms with Crippen LogP contribution in [0.15, 0.2) is 33.5 Å². The summed E-state index contributed by atoms with van der Waals surface area (Å²) in [4.78, 5) is 12.0. The van der Waals surface area contributed by atoms with E-state index in [1.807, 2.05) is 31.2 Å². The third-order valence-electron chi connectivity index (χ3n) is 2.55. The molecule has 90 valence electrons. The van der Waals surface area contributed by atoms with Crippen molar-refractivity contribution in [1.82, 2.24) is 9.78 Å². The Balaban J connectivity index is 2.58. The number of aromatic amines is 1. The Morgan fingerprint density at radius 1 is 1.41 bits per heavy atom. The molecule has 0 amide bonds. The summed E-state index contributed by atoms with van der Waals surface area (Å²) in [7, 11) is 1.59. The first-order chi connectivity index (χ1) is 8.15. The molecule has 0 unspecified atom stereocenters. The van der Waals surface area contributed by atoms with Gasteiger partial charge in [-0.15, -0.1) is 0 Å². The molecule has 0 saturated carbocycles. The number of rotatable bonds is 3. The van der Waals surface area contributed by atoms with Crippen LogP contribution >= 0.6 is 15.9 Å². The van der Waals surface area contributed by atoms with Crippen molar-refractivity contribution < 1.29 is 4.74 Å². The highest BCUT2D eigenvalue weighted by Gasteiger charge is 2.13. The Morgan fingerprint density at radius 3 is 2.76 bits per heavy atom. The van der Waals surface area contributed by atoms with Crippen LogP contribution in [0.5, 0.6) is 0 Å². The number of nitrogens with one attached hydrogen (secondary N) is 1. The smallest absolute Gasteiger partial charge is 0.285 e. The normalized spacial score (nSPS) is 10.8. The number of aryl methyl sites for hydroxylation is 1. The number of H-pyrrole nitrogens is 1. The number of benzene rings is 1. The summed E-state index contributed by atoms with van der Waals surface area (Å²) in [5.74, 6) is 0. The molecule has 0 atom stereocenters. The molecule has 1 aromatic carbocycles. The van der Waals surface area contributed by atoms with Gasteiger partial charge in [0.1, 0.15) is 4.47 Å². The first-order valence-corrected chi connectivity index (χ1v) is 5.98. The number of hydrogen-bond acceptors (Lipinski definition) is 2. The quantitative estimate of drug-likeness (QED) is 0.945. The number of methoxy groups -OCH3 is 1. The zero-order valence-electron chi connectivity index (χ0n) is 9.66. The van der Waals surface area contributed by atoms with E-state index in [0.29, 0.717) is 11.1 Å². The lowest BCUT2D eigenvalue weighted by molar-refractivity contribution is 0.180. The Labute approximate surface area is 107 Å². The molecule has 1 N–H and O–H groups in total. The molecule has 0 bridgehead atoms. The van der Waals surface area contributed by atoms with Crippen molar-refractivity contribution in [2.45, 2.75) is 13.5 Å². The van der Waals surface area contributed by atoms with Gasteiger partial charge in [0, 0.05) is 7.11 Å². The van der Waals surface area contributed by atoms with E-state index in [9.17, 15) is 4.79 Å². The van der Waals surface area contributed by atoms with Crippen LogP contribution in [0.4, 0.5) is 0 Å². The van der Waals surface area contributed by atoms with E-state index in [2.05, 4.69) is 21.0 Å².